The number of hydrogen-bond donors (Lipinski definition) is 1. The Bertz CT molecular complexity index is 126. The molecular formula is C5H7NO2. The van der Waals surface area contributed by atoms with Crippen LogP contribution in [0.4, 0.5) is 0 Å². The third kappa shape index (κ3) is 3.08. The second-order valence-corrected chi connectivity index (χ2v) is 1.29. The fraction of sp³-hybridized carbons (Fsp3) is 0.200. The molecule has 0 saturated heterocycles. The van der Waals surface area contributed by atoms with E-state index in [9.17, 15) is 4.79 Å². The number of hydrogen-bond acceptors (Lipinski definition) is 3. The summed E-state index contributed by atoms with van der Waals surface area (Å²) in [5, 5.41) is 10.6. The van der Waals surface area contributed by atoms with Gasteiger partial charge < -0.3 is 5.21 Å². The Labute approximate surface area is 47.3 Å². The Balaban J connectivity index is 3.79. The lowest BCUT2D eigenvalue weighted by atomic mass is 10.3. The van der Waals surface area contributed by atoms with E-state index < -0.39 is 0 Å². The first-order valence-electron chi connectivity index (χ1n) is 2.10. The van der Waals surface area contributed by atoms with E-state index >= 15 is 0 Å². The maximum atomic E-state index is 9.67. The number of aldehydes is 1. The van der Waals surface area contributed by atoms with Crippen molar-refractivity contribution in [2.75, 3.05) is 0 Å². The smallest absolute Gasteiger partial charge is 0.143 e. The van der Waals surface area contributed by atoms with Crippen LogP contribution < -0.4 is 0 Å². The molecule has 8 heavy (non-hydrogen) atoms. The summed E-state index contributed by atoms with van der Waals surface area (Å²) in [6.07, 6.45) is 3.13. The summed E-state index contributed by atoms with van der Waals surface area (Å²) < 4.78 is 0. The van der Waals surface area contributed by atoms with Crippen LogP contribution in [0.25, 0.3) is 0 Å². The molecule has 3 heteroatoms. The predicted octanol–water partition coefficient (Wildman–Crippen LogP) is 0.592. The number of nitrogens with zero attached hydrogens (tertiary/aromatic N) is 1. The number of allylic oxidation sites excluding steroid dienone is 2. The average molecular weight is 113 g/mol. The van der Waals surface area contributed by atoms with Gasteiger partial charge in [-0.05, 0) is 18.6 Å². The van der Waals surface area contributed by atoms with Crippen molar-refractivity contribution in [1.82, 2.24) is 0 Å². The molecule has 0 aromatic heterocycles. The predicted molar refractivity (Wildman–Crippen MR) is 30.1 cm³/mol. The van der Waals surface area contributed by atoms with Crippen LogP contribution in [-0.4, -0.2) is 17.7 Å². The highest BCUT2D eigenvalue weighted by molar-refractivity contribution is 5.83. The summed E-state index contributed by atoms with van der Waals surface area (Å²) in [6, 6.07) is 0. The van der Waals surface area contributed by atoms with E-state index in [1.54, 1.807) is 6.92 Å². The average Bonchev–Trinajstić information content (AvgIpc) is 1.68. The van der Waals surface area contributed by atoms with Gasteiger partial charge in [-0.25, -0.2) is 0 Å². The van der Waals surface area contributed by atoms with Gasteiger partial charge >= 0.3 is 0 Å². The summed E-state index contributed by atoms with van der Waals surface area (Å²) in [5.74, 6) is 0. The molecule has 0 rings (SSSR count). The minimum Gasteiger partial charge on any atom is -0.411 e. The second-order valence-electron chi connectivity index (χ2n) is 1.29. The molecule has 0 aliphatic rings. The van der Waals surface area contributed by atoms with Gasteiger partial charge in [0, 0.05) is 0 Å². The van der Waals surface area contributed by atoms with Crippen molar-refractivity contribution in [1.29, 1.82) is 0 Å². The Morgan fingerprint density at radius 2 is 2.38 bits per heavy atom. The highest BCUT2D eigenvalue weighted by Crippen LogP contribution is 1.81. The first-order valence-corrected chi connectivity index (χ1v) is 2.10. The van der Waals surface area contributed by atoms with Gasteiger partial charge in [-0.1, -0.05) is 5.16 Å². The van der Waals surface area contributed by atoms with Crippen molar-refractivity contribution < 1.29 is 10.0 Å². The maximum Gasteiger partial charge on any atom is 0.143 e. The SMILES string of the molecule is CC(/C=N/O)=C\C=O. The van der Waals surface area contributed by atoms with Gasteiger partial charge in [0.05, 0.1) is 6.21 Å². The van der Waals surface area contributed by atoms with E-state index in [2.05, 4.69) is 5.16 Å². The van der Waals surface area contributed by atoms with Gasteiger partial charge in [-0.15, -0.1) is 0 Å². The molecule has 0 heterocycles. The number of carbonyl (C=O) groups excluding carboxylic acids is 1. The van der Waals surface area contributed by atoms with E-state index in [0.717, 1.165) is 0 Å². The summed E-state index contributed by atoms with van der Waals surface area (Å²) in [4.78, 5) is 9.67. The van der Waals surface area contributed by atoms with Crippen LogP contribution >= 0.6 is 0 Å². The van der Waals surface area contributed by atoms with Crippen LogP contribution in [0.2, 0.25) is 0 Å². The molecule has 0 amide bonds. The molecule has 0 unspecified atom stereocenters. The van der Waals surface area contributed by atoms with Crippen LogP contribution in [0, 0.1) is 0 Å². The van der Waals surface area contributed by atoms with E-state index in [1.165, 1.54) is 12.3 Å². The molecule has 0 aliphatic heterocycles. The number of carbonyl (C=O) groups is 1. The Kier molecular flexibility index (Phi) is 3.48. The summed E-state index contributed by atoms with van der Waals surface area (Å²) in [6.45, 7) is 1.66. The maximum absolute atomic E-state index is 9.67. The van der Waals surface area contributed by atoms with Crippen molar-refractivity contribution in [3.8, 4) is 0 Å². The third-order valence-corrected chi connectivity index (χ3v) is 0.592. The van der Waals surface area contributed by atoms with Gasteiger partial charge in [-0.2, -0.15) is 0 Å². The summed E-state index contributed by atoms with van der Waals surface area (Å²) in [5.41, 5.74) is 0.627. The van der Waals surface area contributed by atoms with Crippen molar-refractivity contribution in [3.63, 3.8) is 0 Å². The molecule has 0 saturated carbocycles. The largest absolute Gasteiger partial charge is 0.411 e. The zero-order valence-electron chi connectivity index (χ0n) is 4.53. The van der Waals surface area contributed by atoms with Crippen molar-refractivity contribution >= 4 is 12.5 Å². The number of oxime groups is 1. The van der Waals surface area contributed by atoms with Crippen LogP contribution in [0.3, 0.4) is 0 Å². The van der Waals surface area contributed by atoms with Gasteiger partial charge in [0.2, 0.25) is 0 Å². The summed E-state index contributed by atoms with van der Waals surface area (Å²) >= 11 is 0. The molecule has 0 aromatic carbocycles. The van der Waals surface area contributed by atoms with Gasteiger partial charge in [0.25, 0.3) is 0 Å². The molecule has 0 atom stereocenters. The minimum atomic E-state index is 0.627. The normalized spacial score (nSPS) is 12.4. The van der Waals surface area contributed by atoms with Crippen molar-refractivity contribution in [3.05, 3.63) is 11.6 Å². The lowest BCUT2D eigenvalue weighted by Gasteiger charge is -1.78. The standard InChI is InChI=1S/C5H7NO2/c1-5(2-3-7)4-6-8/h2-4,8H,1H3/b5-2+,6-4+. The van der Waals surface area contributed by atoms with Crippen LogP contribution in [-0.2, 0) is 4.79 Å². The molecule has 44 valence electrons. The lowest BCUT2D eigenvalue weighted by Crippen LogP contribution is -1.76. The molecule has 0 fully saturated rings. The van der Waals surface area contributed by atoms with Gasteiger partial charge in [0.1, 0.15) is 6.29 Å². The Hall–Kier alpha value is -1.12. The Morgan fingerprint density at radius 3 is 2.75 bits per heavy atom. The second kappa shape index (κ2) is 4.05. The zero-order valence-corrected chi connectivity index (χ0v) is 4.53. The highest BCUT2D eigenvalue weighted by Gasteiger charge is 1.76. The molecule has 3 nitrogen and oxygen atoms in total. The quantitative estimate of drug-likeness (QED) is 0.187. The molecule has 0 bridgehead atoms. The molecule has 0 aromatic rings. The van der Waals surface area contributed by atoms with Crippen molar-refractivity contribution in [2.24, 2.45) is 5.16 Å². The van der Waals surface area contributed by atoms with E-state index in [1.807, 2.05) is 0 Å². The van der Waals surface area contributed by atoms with E-state index in [0.29, 0.717) is 11.9 Å². The van der Waals surface area contributed by atoms with E-state index in [-0.39, 0.29) is 0 Å². The van der Waals surface area contributed by atoms with Crippen molar-refractivity contribution in [2.45, 2.75) is 6.92 Å². The summed E-state index contributed by atoms with van der Waals surface area (Å²) in [7, 11) is 0. The number of rotatable bonds is 2. The molecule has 1 N–H and O–H groups in total. The topological polar surface area (TPSA) is 49.7 Å². The minimum absolute atomic E-state index is 0.627. The molecule has 0 spiro atoms. The first-order chi connectivity index (χ1) is 3.81. The van der Waals surface area contributed by atoms with Crippen LogP contribution in [0.1, 0.15) is 6.92 Å². The zero-order chi connectivity index (χ0) is 6.41. The van der Waals surface area contributed by atoms with Crippen LogP contribution in [0.5, 0.6) is 0 Å². The fourth-order valence-electron chi connectivity index (χ4n) is 0.241. The Morgan fingerprint density at radius 1 is 1.75 bits per heavy atom. The molecule has 0 aliphatic carbocycles. The highest BCUT2D eigenvalue weighted by atomic mass is 16.4. The van der Waals surface area contributed by atoms with Gasteiger partial charge in [-0.3, -0.25) is 4.79 Å². The van der Waals surface area contributed by atoms with Gasteiger partial charge in [0.15, 0.2) is 0 Å². The fourth-order valence-corrected chi connectivity index (χ4v) is 0.241. The molecular weight excluding hydrogens is 106 g/mol. The molecule has 0 radical (unpaired) electrons. The monoisotopic (exact) mass is 113 g/mol. The lowest BCUT2D eigenvalue weighted by molar-refractivity contribution is -0.104. The van der Waals surface area contributed by atoms with Crippen LogP contribution in [0.15, 0.2) is 16.8 Å². The first kappa shape index (κ1) is 6.88. The third-order valence-electron chi connectivity index (χ3n) is 0.592. The van der Waals surface area contributed by atoms with E-state index in [4.69, 9.17) is 5.21 Å².